The molecule has 0 aromatic carbocycles. The van der Waals surface area contributed by atoms with Gasteiger partial charge in [-0.05, 0) is 24.6 Å². The lowest BCUT2D eigenvalue weighted by molar-refractivity contribution is -0.132. The highest BCUT2D eigenvalue weighted by atomic mass is 35.5. The molecule has 6 nitrogen and oxygen atoms in total. The molecule has 1 saturated heterocycles. The standard InChI is InChI=1S/C14H20ClN5OS/c1-3-18(4-2)10-12(21)19-5-7-20(8-6-19)14-11(9-16)13(15)17-22-14/h3-8,10H2,1-2H3. The maximum atomic E-state index is 12.3. The highest BCUT2D eigenvalue weighted by molar-refractivity contribution is 7.10. The van der Waals surface area contributed by atoms with Crippen molar-refractivity contribution in [3.05, 3.63) is 10.7 Å². The van der Waals surface area contributed by atoms with E-state index in [1.165, 1.54) is 11.5 Å². The second kappa shape index (κ2) is 7.77. The normalized spacial score (nSPS) is 15.2. The van der Waals surface area contributed by atoms with E-state index in [1.54, 1.807) is 0 Å². The highest BCUT2D eigenvalue weighted by Gasteiger charge is 2.25. The Morgan fingerprint density at radius 3 is 2.55 bits per heavy atom. The van der Waals surface area contributed by atoms with Crippen LogP contribution in [-0.4, -0.2) is 65.9 Å². The van der Waals surface area contributed by atoms with Crippen LogP contribution in [0, 0.1) is 11.3 Å². The van der Waals surface area contributed by atoms with Crippen molar-refractivity contribution in [3.8, 4) is 6.07 Å². The lowest BCUT2D eigenvalue weighted by Gasteiger charge is -2.36. The number of anilines is 1. The summed E-state index contributed by atoms with van der Waals surface area (Å²) in [5.41, 5.74) is 0.439. The van der Waals surface area contributed by atoms with Crippen molar-refractivity contribution >= 4 is 34.0 Å². The molecule has 1 fully saturated rings. The fraction of sp³-hybridized carbons (Fsp3) is 0.643. The number of carbonyl (C=O) groups is 1. The molecule has 0 N–H and O–H groups in total. The molecule has 1 aliphatic rings. The van der Waals surface area contributed by atoms with E-state index in [0.717, 1.165) is 18.1 Å². The van der Waals surface area contributed by atoms with E-state index in [1.807, 2.05) is 4.90 Å². The molecular weight excluding hydrogens is 322 g/mol. The minimum Gasteiger partial charge on any atom is -0.358 e. The molecule has 2 heterocycles. The third-order valence-corrected chi connectivity index (χ3v) is 5.20. The Morgan fingerprint density at radius 1 is 1.36 bits per heavy atom. The first kappa shape index (κ1) is 17.0. The Bertz CT molecular complexity index is 558. The van der Waals surface area contributed by atoms with Crippen LogP contribution in [0.25, 0.3) is 0 Å². The summed E-state index contributed by atoms with van der Waals surface area (Å²) >= 11 is 7.16. The van der Waals surface area contributed by atoms with E-state index in [4.69, 9.17) is 16.9 Å². The summed E-state index contributed by atoms with van der Waals surface area (Å²) in [6, 6.07) is 2.10. The van der Waals surface area contributed by atoms with Gasteiger partial charge in [-0.15, -0.1) is 0 Å². The number of hydrogen-bond acceptors (Lipinski definition) is 6. The molecule has 22 heavy (non-hydrogen) atoms. The van der Waals surface area contributed by atoms with Crippen molar-refractivity contribution in [2.75, 3.05) is 50.7 Å². The lowest BCUT2D eigenvalue weighted by Crippen LogP contribution is -2.51. The summed E-state index contributed by atoms with van der Waals surface area (Å²) in [6.07, 6.45) is 0. The van der Waals surface area contributed by atoms with Gasteiger partial charge in [0.05, 0.1) is 6.54 Å². The highest BCUT2D eigenvalue weighted by Crippen LogP contribution is 2.31. The summed E-state index contributed by atoms with van der Waals surface area (Å²) in [5, 5.41) is 10.2. The third kappa shape index (κ3) is 3.69. The first-order valence-corrected chi connectivity index (χ1v) is 8.56. The summed E-state index contributed by atoms with van der Waals surface area (Å²) in [4.78, 5) is 18.4. The Labute approximate surface area is 140 Å². The zero-order valence-electron chi connectivity index (χ0n) is 12.9. The molecule has 1 amide bonds. The summed E-state index contributed by atoms with van der Waals surface area (Å²) in [5.74, 6) is 0.172. The smallest absolute Gasteiger partial charge is 0.236 e. The quantitative estimate of drug-likeness (QED) is 0.815. The van der Waals surface area contributed by atoms with Gasteiger partial charge in [-0.1, -0.05) is 25.4 Å². The van der Waals surface area contributed by atoms with Crippen LogP contribution in [0.4, 0.5) is 5.00 Å². The number of amides is 1. The number of likely N-dealkylation sites (N-methyl/N-ethyl adjacent to an activating group) is 1. The van der Waals surface area contributed by atoms with Crippen LogP contribution in [0.1, 0.15) is 19.4 Å². The van der Waals surface area contributed by atoms with Crippen LogP contribution >= 0.6 is 23.1 Å². The zero-order valence-corrected chi connectivity index (χ0v) is 14.5. The molecule has 0 radical (unpaired) electrons. The van der Waals surface area contributed by atoms with Crippen LogP contribution < -0.4 is 4.90 Å². The molecule has 0 saturated carbocycles. The van der Waals surface area contributed by atoms with E-state index in [0.29, 0.717) is 38.3 Å². The van der Waals surface area contributed by atoms with Crippen LogP contribution in [0.2, 0.25) is 5.15 Å². The van der Waals surface area contributed by atoms with E-state index >= 15 is 0 Å². The molecule has 8 heteroatoms. The molecule has 0 bridgehead atoms. The number of nitrogens with zero attached hydrogens (tertiary/aromatic N) is 5. The lowest BCUT2D eigenvalue weighted by atomic mass is 10.2. The van der Waals surface area contributed by atoms with E-state index in [9.17, 15) is 4.79 Å². The summed E-state index contributed by atoms with van der Waals surface area (Å²) in [6.45, 7) is 9.11. The number of rotatable bonds is 5. The van der Waals surface area contributed by atoms with Crippen molar-refractivity contribution in [2.24, 2.45) is 0 Å². The fourth-order valence-electron chi connectivity index (χ4n) is 2.47. The molecule has 1 aliphatic heterocycles. The third-order valence-electron chi connectivity index (χ3n) is 3.92. The first-order valence-electron chi connectivity index (χ1n) is 7.41. The molecule has 0 unspecified atom stereocenters. The maximum Gasteiger partial charge on any atom is 0.236 e. The molecule has 0 spiro atoms. The van der Waals surface area contributed by atoms with Gasteiger partial charge in [-0.2, -0.15) is 9.64 Å². The predicted molar refractivity (Wildman–Crippen MR) is 88.4 cm³/mol. The van der Waals surface area contributed by atoms with Gasteiger partial charge in [0.25, 0.3) is 0 Å². The molecule has 120 valence electrons. The van der Waals surface area contributed by atoms with Crippen LogP contribution in [0.15, 0.2) is 0 Å². The summed E-state index contributed by atoms with van der Waals surface area (Å²) < 4.78 is 4.03. The zero-order chi connectivity index (χ0) is 16.1. The molecule has 1 aromatic heterocycles. The van der Waals surface area contributed by atoms with Crippen molar-refractivity contribution < 1.29 is 4.79 Å². The van der Waals surface area contributed by atoms with E-state index in [-0.39, 0.29) is 11.1 Å². The van der Waals surface area contributed by atoms with Crippen molar-refractivity contribution in [1.82, 2.24) is 14.2 Å². The van der Waals surface area contributed by atoms with Gasteiger partial charge >= 0.3 is 0 Å². The maximum absolute atomic E-state index is 12.3. The Morgan fingerprint density at radius 2 is 2.00 bits per heavy atom. The Balaban J connectivity index is 1.93. The van der Waals surface area contributed by atoms with Crippen molar-refractivity contribution in [2.45, 2.75) is 13.8 Å². The van der Waals surface area contributed by atoms with Crippen LogP contribution in [0.3, 0.4) is 0 Å². The van der Waals surface area contributed by atoms with Gasteiger partial charge in [0.15, 0.2) is 5.15 Å². The number of nitriles is 1. The minimum atomic E-state index is 0.172. The van der Waals surface area contributed by atoms with Gasteiger partial charge < -0.3 is 9.80 Å². The largest absolute Gasteiger partial charge is 0.358 e. The average Bonchev–Trinajstić information content (AvgIpc) is 2.93. The second-order valence-corrected chi connectivity index (χ2v) is 6.20. The predicted octanol–water partition coefficient (Wildman–Crippen LogP) is 1.66. The first-order chi connectivity index (χ1) is 10.6. The second-order valence-electron chi connectivity index (χ2n) is 5.09. The number of aromatic nitrogens is 1. The number of halogens is 1. The van der Waals surface area contributed by atoms with Crippen molar-refractivity contribution in [1.29, 1.82) is 5.26 Å². The Kier molecular flexibility index (Phi) is 6.00. The monoisotopic (exact) mass is 341 g/mol. The minimum absolute atomic E-state index is 0.172. The van der Waals surface area contributed by atoms with Gasteiger partial charge in [-0.3, -0.25) is 9.69 Å². The number of piperazine rings is 1. The molecule has 1 aromatic rings. The van der Waals surface area contributed by atoms with Gasteiger partial charge in [0.1, 0.15) is 16.6 Å². The summed E-state index contributed by atoms with van der Waals surface area (Å²) in [7, 11) is 0. The van der Waals surface area contributed by atoms with Gasteiger partial charge in [0, 0.05) is 26.2 Å². The SMILES string of the molecule is CCN(CC)CC(=O)N1CCN(c2snc(Cl)c2C#N)CC1. The van der Waals surface area contributed by atoms with E-state index in [2.05, 4.69) is 34.1 Å². The average molecular weight is 342 g/mol. The Hall–Kier alpha value is -1.36. The van der Waals surface area contributed by atoms with Gasteiger partial charge in [0.2, 0.25) is 5.91 Å². The number of hydrogen-bond donors (Lipinski definition) is 0. The molecule has 2 rings (SSSR count). The van der Waals surface area contributed by atoms with Crippen LogP contribution in [-0.2, 0) is 4.79 Å². The van der Waals surface area contributed by atoms with Crippen molar-refractivity contribution in [3.63, 3.8) is 0 Å². The molecular formula is C14H20ClN5OS. The fourth-order valence-corrected chi connectivity index (χ4v) is 3.55. The topological polar surface area (TPSA) is 63.5 Å². The molecule has 0 aliphatic carbocycles. The van der Waals surface area contributed by atoms with E-state index < -0.39 is 0 Å². The molecule has 0 atom stereocenters. The number of carbonyl (C=O) groups excluding carboxylic acids is 1. The van der Waals surface area contributed by atoms with Gasteiger partial charge in [-0.25, -0.2) is 0 Å². The van der Waals surface area contributed by atoms with Crippen LogP contribution in [0.5, 0.6) is 0 Å².